The van der Waals surface area contributed by atoms with Crippen LogP contribution < -0.4 is 5.32 Å². The third-order valence-electron chi connectivity index (χ3n) is 3.71. The molecule has 0 saturated carbocycles. The molecule has 3 aromatic rings. The van der Waals surface area contributed by atoms with E-state index in [4.69, 9.17) is 11.6 Å². The Morgan fingerprint density at radius 3 is 2.48 bits per heavy atom. The number of aromatic nitrogens is 4. The van der Waals surface area contributed by atoms with E-state index in [0.717, 1.165) is 11.1 Å². The summed E-state index contributed by atoms with van der Waals surface area (Å²) in [5.41, 5.74) is 2.07. The number of hydrogen-bond donors (Lipinski definition) is 1. The lowest BCUT2D eigenvalue weighted by Crippen LogP contribution is -2.28. The Morgan fingerprint density at radius 2 is 1.81 bits per heavy atom. The molecule has 3 rings (SSSR count). The quantitative estimate of drug-likeness (QED) is 0.652. The predicted molar refractivity (Wildman–Crippen MR) is 97.9 cm³/mol. The van der Waals surface area contributed by atoms with Gasteiger partial charge < -0.3 is 10.1 Å². The molecule has 0 atom stereocenters. The average molecular weight is 386 g/mol. The van der Waals surface area contributed by atoms with Crippen LogP contribution in [0, 0.1) is 0 Å². The SMILES string of the molecule is COC(=O)c1ccc(CNC(=O)Cn2nnc(-c3ccc(Cl)cc3)n2)cc1. The van der Waals surface area contributed by atoms with Crippen LogP contribution in [-0.2, 0) is 22.6 Å². The first kappa shape index (κ1) is 18.5. The van der Waals surface area contributed by atoms with E-state index in [2.05, 4.69) is 25.5 Å². The lowest BCUT2D eigenvalue weighted by Gasteiger charge is -2.05. The van der Waals surface area contributed by atoms with Gasteiger partial charge in [-0.15, -0.1) is 10.2 Å². The maximum absolute atomic E-state index is 12.1. The summed E-state index contributed by atoms with van der Waals surface area (Å²) < 4.78 is 4.64. The van der Waals surface area contributed by atoms with E-state index in [-0.39, 0.29) is 12.5 Å². The fraction of sp³-hybridized carbons (Fsp3) is 0.167. The summed E-state index contributed by atoms with van der Waals surface area (Å²) in [7, 11) is 1.33. The number of nitrogens with zero attached hydrogens (tertiary/aromatic N) is 4. The van der Waals surface area contributed by atoms with Crippen LogP contribution in [0.25, 0.3) is 11.4 Å². The van der Waals surface area contributed by atoms with E-state index in [1.165, 1.54) is 11.9 Å². The third-order valence-corrected chi connectivity index (χ3v) is 3.96. The molecule has 0 aliphatic rings. The van der Waals surface area contributed by atoms with Crippen molar-refractivity contribution < 1.29 is 14.3 Å². The molecular formula is C18H16ClN5O3. The smallest absolute Gasteiger partial charge is 0.337 e. The van der Waals surface area contributed by atoms with Crippen molar-refractivity contribution in [3.8, 4) is 11.4 Å². The Morgan fingerprint density at radius 1 is 1.11 bits per heavy atom. The van der Waals surface area contributed by atoms with E-state index < -0.39 is 5.97 Å². The number of nitrogens with one attached hydrogen (secondary N) is 1. The standard InChI is InChI=1S/C18H16ClN5O3/c1-27-18(26)14-4-2-12(3-5-14)10-20-16(25)11-24-22-17(21-23-24)13-6-8-15(19)9-7-13/h2-9H,10-11H2,1H3,(H,20,25). The molecule has 0 unspecified atom stereocenters. The second-order valence-electron chi connectivity index (χ2n) is 5.62. The van der Waals surface area contributed by atoms with Gasteiger partial charge in [0.25, 0.3) is 0 Å². The molecule has 1 aromatic heterocycles. The van der Waals surface area contributed by atoms with Crippen LogP contribution in [0.15, 0.2) is 48.5 Å². The molecule has 27 heavy (non-hydrogen) atoms. The highest BCUT2D eigenvalue weighted by atomic mass is 35.5. The fourth-order valence-electron chi connectivity index (χ4n) is 2.29. The van der Waals surface area contributed by atoms with E-state index in [0.29, 0.717) is 23.0 Å². The fourth-order valence-corrected chi connectivity index (χ4v) is 2.41. The molecule has 0 bridgehead atoms. The molecule has 9 heteroatoms. The molecule has 0 aliphatic heterocycles. The highest BCUT2D eigenvalue weighted by molar-refractivity contribution is 6.30. The summed E-state index contributed by atoms with van der Waals surface area (Å²) in [6, 6.07) is 13.8. The summed E-state index contributed by atoms with van der Waals surface area (Å²) in [6.45, 7) is 0.264. The van der Waals surface area contributed by atoms with Crippen molar-refractivity contribution in [1.29, 1.82) is 0 Å². The van der Waals surface area contributed by atoms with Crippen molar-refractivity contribution in [3.63, 3.8) is 0 Å². The molecule has 0 fully saturated rings. The lowest BCUT2D eigenvalue weighted by molar-refractivity contribution is -0.122. The second kappa shape index (κ2) is 8.41. The van der Waals surface area contributed by atoms with Crippen LogP contribution >= 0.6 is 11.6 Å². The number of carbonyl (C=O) groups excluding carboxylic acids is 2. The zero-order valence-electron chi connectivity index (χ0n) is 14.4. The molecule has 0 radical (unpaired) electrons. The van der Waals surface area contributed by atoms with Crippen LogP contribution in [0.1, 0.15) is 15.9 Å². The van der Waals surface area contributed by atoms with Crippen molar-refractivity contribution >= 4 is 23.5 Å². The zero-order valence-corrected chi connectivity index (χ0v) is 15.2. The van der Waals surface area contributed by atoms with Crippen LogP contribution in [0.2, 0.25) is 5.02 Å². The van der Waals surface area contributed by atoms with Crippen molar-refractivity contribution in [1.82, 2.24) is 25.5 Å². The number of tetrazole rings is 1. The molecule has 1 heterocycles. The van der Waals surface area contributed by atoms with E-state index in [1.807, 2.05) is 0 Å². The number of methoxy groups -OCH3 is 1. The Labute approximate surface area is 160 Å². The summed E-state index contributed by atoms with van der Waals surface area (Å²) in [4.78, 5) is 24.7. The Balaban J connectivity index is 1.54. The zero-order chi connectivity index (χ0) is 19.2. The summed E-state index contributed by atoms with van der Waals surface area (Å²) in [6.07, 6.45) is 0. The number of esters is 1. The number of halogens is 1. The van der Waals surface area contributed by atoms with Crippen molar-refractivity contribution in [2.24, 2.45) is 0 Å². The van der Waals surface area contributed by atoms with Gasteiger partial charge >= 0.3 is 5.97 Å². The Kier molecular flexibility index (Phi) is 5.77. The molecular weight excluding hydrogens is 370 g/mol. The normalized spacial score (nSPS) is 10.4. The minimum atomic E-state index is -0.403. The third kappa shape index (κ3) is 4.89. The van der Waals surface area contributed by atoms with Crippen molar-refractivity contribution in [3.05, 3.63) is 64.7 Å². The van der Waals surface area contributed by atoms with Gasteiger partial charge in [-0.25, -0.2) is 4.79 Å². The molecule has 0 saturated heterocycles. The van der Waals surface area contributed by atoms with Crippen LogP contribution in [0.4, 0.5) is 0 Å². The number of rotatable bonds is 6. The highest BCUT2D eigenvalue weighted by Gasteiger charge is 2.10. The summed E-state index contributed by atoms with van der Waals surface area (Å²) >= 11 is 5.85. The molecule has 0 spiro atoms. The topological polar surface area (TPSA) is 99.0 Å². The number of carbonyl (C=O) groups is 2. The van der Waals surface area contributed by atoms with Gasteiger partial charge in [-0.3, -0.25) is 4.79 Å². The first-order chi connectivity index (χ1) is 13.0. The van der Waals surface area contributed by atoms with E-state index in [9.17, 15) is 9.59 Å². The van der Waals surface area contributed by atoms with Crippen LogP contribution in [0.3, 0.4) is 0 Å². The number of amides is 1. The van der Waals surface area contributed by atoms with E-state index in [1.54, 1.807) is 48.5 Å². The maximum atomic E-state index is 12.1. The van der Waals surface area contributed by atoms with Gasteiger partial charge in [0.1, 0.15) is 6.54 Å². The van der Waals surface area contributed by atoms with Gasteiger partial charge in [0.15, 0.2) is 0 Å². The minimum absolute atomic E-state index is 0.0547. The Bertz CT molecular complexity index is 938. The average Bonchev–Trinajstić information content (AvgIpc) is 3.15. The first-order valence-corrected chi connectivity index (χ1v) is 8.40. The van der Waals surface area contributed by atoms with Crippen molar-refractivity contribution in [2.75, 3.05) is 7.11 Å². The summed E-state index contributed by atoms with van der Waals surface area (Å²) in [5.74, 6) is -0.246. The monoisotopic (exact) mass is 385 g/mol. The molecule has 138 valence electrons. The number of hydrogen-bond acceptors (Lipinski definition) is 6. The largest absolute Gasteiger partial charge is 0.465 e. The van der Waals surface area contributed by atoms with Gasteiger partial charge in [0.05, 0.1) is 12.7 Å². The Hall–Kier alpha value is -3.26. The molecule has 1 amide bonds. The van der Waals surface area contributed by atoms with Gasteiger partial charge in [-0.1, -0.05) is 23.7 Å². The maximum Gasteiger partial charge on any atom is 0.337 e. The van der Waals surface area contributed by atoms with Gasteiger partial charge in [0, 0.05) is 17.1 Å². The van der Waals surface area contributed by atoms with Gasteiger partial charge in [-0.2, -0.15) is 4.80 Å². The molecule has 1 N–H and O–H groups in total. The molecule has 0 aliphatic carbocycles. The van der Waals surface area contributed by atoms with Crippen LogP contribution in [0.5, 0.6) is 0 Å². The minimum Gasteiger partial charge on any atom is -0.465 e. The van der Waals surface area contributed by atoms with E-state index >= 15 is 0 Å². The highest BCUT2D eigenvalue weighted by Crippen LogP contribution is 2.16. The number of ether oxygens (including phenoxy) is 1. The lowest BCUT2D eigenvalue weighted by atomic mass is 10.1. The van der Waals surface area contributed by atoms with Crippen LogP contribution in [-0.4, -0.2) is 39.2 Å². The van der Waals surface area contributed by atoms with Gasteiger partial charge in [0.2, 0.25) is 11.7 Å². The second-order valence-corrected chi connectivity index (χ2v) is 6.05. The molecule has 8 nitrogen and oxygen atoms in total. The summed E-state index contributed by atoms with van der Waals surface area (Å²) in [5, 5.41) is 15.4. The first-order valence-electron chi connectivity index (χ1n) is 8.03. The predicted octanol–water partition coefficient (Wildman–Crippen LogP) is 2.10. The number of benzene rings is 2. The van der Waals surface area contributed by atoms with Gasteiger partial charge in [-0.05, 0) is 47.2 Å². The van der Waals surface area contributed by atoms with Crippen molar-refractivity contribution in [2.45, 2.75) is 13.1 Å². The molecule has 2 aromatic carbocycles.